The molecule has 0 spiro atoms. The number of piperazine rings is 1. The van der Waals surface area contributed by atoms with Gasteiger partial charge in [0.2, 0.25) is 0 Å². The smallest absolute Gasteiger partial charge is 0.382 e. The van der Waals surface area contributed by atoms with E-state index in [9.17, 15) is 18.0 Å². The van der Waals surface area contributed by atoms with E-state index < -0.39 is 11.7 Å². The molecule has 1 aromatic heterocycles. The Balaban J connectivity index is 1.59. The number of benzene rings is 1. The van der Waals surface area contributed by atoms with Crippen molar-refractivity contribution in [3.8, 4) is 0 Å². The Bertz CT molecular complexity index is 788. The monoisotopic (exact) mass is 365 g/mol. The maximum atomic E-state index is 12.8. The number of carbonyl (C=O) groups excluding carboxylic acids is 1. The van der Waals surface area contributed by atoms with Crippen molar-refractivity contribution in [2.45, 2.75) is 12.7 Å². The van der Waals surface area contributed by atoms with E-state index in [4.69, 9.17) is 5.73 Å². The third-order valence-corrected chi connectivity index (χ3v) is 4.25. The summed E-state index contributed by atoms with van der Waals surface area (Å²) in [6.07, 6.45) is -1.52. The highest BCUT2D eigenvalue weighted by molar-refractivity contribution is 5.96. The Morgan fingerprint density at radius 2 is 1.81 bits per heavy atom. The average molecular weight is 365 g/mol. The molecule has 0 atom stereocenters. The third kappa shape index (κ3) is 4.10. The predicted molar refractivity (Wildman–Crippen MR) is 89.1 cm³/mol. The molecule has 1 aliphatic heterocycles. The topological polar surface area (TPSA) is 75.3 Å². The number of hydrogen-bond acceptors (Lipinski definition) is 5. The van der Waals surface area contributed by atoms with Crippen LogP contribution in [0.2, 0.25) is 0 Å². The minimum Gasteiger partial charge on any atom is -0.382 e. The minimum atomic E-state index is -4.35. The minimum absolute atomic E-state index is 0.0869. The van der Waals surface area contributed by atoms with E-state index in [1.807, 2.05) is 4.90 Å². The van der Waals surface area contributed by atoms with E-state index in [-0.39, 0.29) is 17.4 Å². The number of nitrogens with zero attached hydrogens (tertiary/aromatic N) is 4. The van der Waals surface area contributed by atoms with Crippen molar-refractivity contribution in [2.75, 3.05) is 31.9 Å². The molecule has 1 aliphatic rings. The van der Waals surface area contributed by atoms with Crippen LogP contribution in [-0.4, -0.2) is 51.9 Å². The van der Waals surface area contributed by atoms with Gasteiger partial charge in [-0.3, -0.25) is 9.69 Å². The van der Waals surface area contributed by atoms with Gasteiger partial charge in [0.25, 0.3) is 5.91 Å². The molecule has 2 N–H and O–H groups in total. The van der Waals surface area contributed by atoms with Crippen molar-refractivity contribution in [1.29, 1.82) is 0 Å². The maximum absolute atomic E-state index is 12.8. The summed E-state index contributed by atoms with van der Waals surface area (Å²) in [5.41, 5.74) is 5.75. The maximum Gasteiger partial charge on any atom is 0.416 e. The van der Waals surface area contributed by atoms with Crippen molar-refractivity contribution >= 4 is 11.7 Å². The van der Waals surface area contributed by atoms with Crippen LogP contribution in [0, 0.1) is 0 Å². The number of carbonyl (C=O) groups is 1. The molecular formula is C17H18F3N5O. The summed E-state index contributed by atoms with van der Waals surface area (Å²) in [7, 11) is 0. The number of alkyl halides is 3. The number of anilines is 1. The van der Waals surface area contributed by atoms with Crippen molar-refractivity contribution in [1.82, 2.24) is 19.8 Å². The number of halogens is 3. The van der Waals surface area contributed by atoms with Crippen molar-refractivity contribution < 1.29 is 18.0 Å². The second-order valence-corrected chi connectivity index (χ2v) is 6.06. The van der Waals surface area contributed by atoms with Gasteiger partial charge in [0, 0.05) is 45.1 Å². The molecule has 26 heavy (non-hydrogen) atoms. The molecule has 1 saturated heterocycles. The quantitative estimate of drug-likeness (QED) is 0.901. The Morgan fingerprint density at radius 3 is 2.46 bits per heavy atom. The van der Waals surface area contributed by atoms with Crippen LogP contribution in [0.4, 0.5) is 19.0 Å². The van der Waals surface area contributed by atoms with Crippen LogP contribution < -0.4 is 5.73 Å². The van der Waals surface area contributed by atoms with Gasteiger partial charge in [-0.05, 0) is 11.6 Å². The standard InChI is InChI=1S/C17H18F3N5O/c18-17(19,20)13-3-1-2-12(10-13)11-24-6-8-25(9-7-24)16(26)14-15(21)23-5-4-22-14/h1-5,10H,6-9,11H2,(H2,21,23). The molecule has 2 aromatic rings. The van der Waals surface area contributed by atoms with Crippen LogP contribution in [0.1, 0.15) is 21.6 Å². The summed E-state index contributed by atoms with van der Waals surface area (Å²) in [5, 5.41) is 0. The second kappa shape index (κ2) is 7.28. The van der Waals surface area contributed by atoms with Gasteiger partial charge in [-0.25, -0.2) is 9.97 Å². The van der Waals surface area contributed by atoms with Crippen LogP contribution in [0.5, 0.6) is 0 Å². The van der Waals surface area contributed by atoms with Crippen molar-refractivity contribution in [3.05, 3.63) is 53.5 Å². The predicted octanol–water partition coefficient (Wildman–Crippen LogP) is 2.04. The molecule has 0 saturated carbocycles. The van der Waals surface area contributed by atoms with Crippen LogP contribution in [-0.2, 0) is 12.7 Å². The summed E-state index contributed by atoms with van der Waals surface area (Å²) in [6, 6.07) is 5.31. The van der Waals surface area contributed by atoms with Crippen molar-refractivity contribution in [3.63, 3.8) is 0 Å². The molecule has 6 nitrogen and oxygen atoms in total. The van der Waals surface area contributed by atoms with Crippen LogP contribution in [0.15, 0.2) is 36.7 Å². The average Bonchev–Trinajstić information content (AvgIpc) is 2.62. The van der Waals surface area contributed by atoms with E-state index in [1.165, 1.54) is 18.5 Å². The zero-order valence-corrected chi connectivity index (χ0v) is 13.9. The Kier molecular flexibility index (Phi) is 5.08. The Labute approximate surface area is 148 Å². The van der Waals surface area contributed by atoms with Gasteiger partial charge in [-0.2, -0.15) is 13.2 Å². The third-order valence-electron chi connectivity index (χ3n) is 4.25. The molecule has 2 heterocycles. The first-order valence-corrected chi connectivity index (χ1v) is 8.09. The van der Waals surface area contributed by atoms with E-state index in [0.29, 0.717) is 38.3 Å². The lowest BCUT2D eigenvalue weighted by atomic mass is 10.1. The highest BCUT2D eigenvalue weighted by Gasteiger charge is 2.30. The lowest BCUT2D eigenvalue weighted by Crippen LogP contribution is -2.48. The molecule has 0 aliphatic carbocycles. The van der Waals surface area contributed by atoms with Gasteiger partial charge in [-0.15, -0.1) is 0 Å². The molecule has 1 fully saturated rings. The molecule has 1 aromatic carbocycles. The van der Waals surface area contributed by atoms with E-state index in [1.54, 1.807) is 11.0 Å². The van der Waals surface area contributed by atoms with Crippen molar-refractivity contribution in [2.24, 2.45) is 0 Å². The fourth-order valence-corrected chi connectivity index (χ4v) is 2.88. The van der Waals surface area contributed by atoms with Crippen LogP contribution in [0.25, 0.3) is 0 Å². The number of aromatic nitrogens is 2. The van der Waals surface area contributed by atoms with E-state index >= 15 is 0 Å². The molecule has 9 heteroatoms. The normalized spacial score (nSPS) is 15.9. The van der Waals surface area contributed by atoms with Gasteiger partial charge in [0.1, 0.15) is 0 Å². The lowest BCUT2D eigenvalue weighted by Gasteiger charge is -2.34. The molecule has 1 amide bonds. The first-order chi connectivity index (χ1) is 12.3. The molecule has 0 radical (unpaired) electrons. The lowest BCUT2D eigenvalue weighted by molar-refractivity contribution is -0.137. The fraction of sp³-hybridized carbons (Fsp3) is 0.353. The van der Waals surface area contributed by atoms with E-state index in [2.05, 4.69) is 9.97 Å². The van der Waals surface area contributed by atoms with Crippen LogP contribution in [0.3, 0.4) is 0 Å². The van der Waals surface area contributed by atoms with E-state index in [0.717, 1.165) is 12.1 Å². The molecular weight excluding hydrogens is 347 g/mol. The number of amides is 1. The highest BCUT2D eigenvalue weighted by atomic mass is 19.4. The Hall–Kier alpha value is -2.68. The zero-order chi connectivity index (χ0) is 18.7. The number of nitrogen functional groups attached to an aromatic ring is 1. The Morgan fingerprint density at radius 1 is 1.12 bits per heavy atom. The second-order valence-electron chi connectivity index (χ2n) is 6.06. The first-order valence-electron chi connectivity index (χ1n) is 8.09. The largest absolute Gasteiger partial charge is 0.416 e. The number of rotatable bonds is 3. The summed E-state index contributed by atoms with van der Waals surface area (Å²) < 4.78 is 38.4. The van der Waals surface area contributed by atoms with Gasteiger partial charge >= 0.3 is 6.18 Å². The highest BCUT2D eigenvalue weighted by Crippen LogP contribution is 2.29. The van der Waals surface area contributed by atoms with Gasteiger partial charge < -0.3 is 10.6 Å². The van der Waals surface area contributed by atoms with Gasteiger partial charge in [-0.1, -0.05) is 18.2 Å². The molecule has 0 unspecified atom stereocenters. The van der Waals surface area contributed by atoms with Gasteiger partial charge in [0.15, 0.2) is 11.5 Å². The zero-order valence-electron chi connectivity index (χ0n) is 13.9. The van der Waals surface area contributed by atoms with Crippen LogP contribution >= 0.6 is 0 Å². The number of hydrogen-bond donors (Lipinski definition) is 1. The molecule has 0 bridgehead atoms. The fourth-order valence-electron chi connectivity index (χ4n) is 2.88. The summed E-state index contributed by atoms with van der Waals surface area (Å²) in [4.78, 5) is 23.9. The summed E-state index contributed by atoms with van der Waals surface area (Å²) in [5.74, 6) is -0.196. The first kappa shape index (κ1) is 18.1. The summed E-state index contributed by atoms with van der Waals surface area (Å²) >= 11 is 0. The SMILES string of the molecule is Nc1nccnc1C(=O)N1CCN(Cc2cccc(C(F)(F)F)c2)CC1. The number of nitrogens with two attached hydrogens (primary N) is 1. The molecule has 3 rings (SSSR count). The van der Waals surface area contributed by atoms with Gasteiger partial charge in [0.05, 0.1) is 5.56 Å². The summed E-state index contributed by atoms with van der Waals surface area (Å²) in [6.45, 7) is 2.42. The molecule has 138 valence electrons.